The van der Waals surface area contributed by atoms with E-state index in [1.807, 2.05) is 0 Å². The fourth-order valence-electron chi connectivity index (χ4n) is 1.31. The summed E-state index contributed by atoms with van der Waals surface area (Å²) in [6.07, 6.45) is 0. The van der Waals surface area contributed by atoms with Crippen molar-refractivity contribution in [3.63, 3.8) is 0 Å². The summed E-state index contributed by atoms with van der Waals surface area (Å²) in [4.78, 5) is 0. The summed E-state index contributed by atoms with van der Waals surface area (Å²) in [7, 11) is 0. The molecule has 1 aliphatic rings. The van der Waals surface area contributed by atoms with E-state index in [1.165, 1.54) is 0 Å². The molecule has 0 unspecified atom stereocenters. The van der Waals surface area contributed by atoms with Gasteiger partial charge in [-0.1, -0.05) is 0 Å². The lowest BCUT2D eigenvalue weighted by molar-refractivity contribution is 0.330. The Hall–Kier alpha value is -0.830. The Bertz CT molecular complexity index is 353. The first-order valence-corrected chi connectivity index (χ1v) is 5.20. The molecule has 4 nitrogen and oxygen atoms in total. The maximum Gasteiger partial charge on any atom is 0.169 e. The third kappa shape index (κ3) is 1.98. The van der Waals surface area contributed by atoms with Crippen LogP contribution >= 0.6 is 15.9 Å². The highest BCUT2D eigenvalue weighted by atomic mass is 79.9. The number of furan rings is 1. The van der Waals surface area contributed by atoms with E-state index >= 15 is 0 Å². The molecule has 0 saturated carbocycles. The second kappa shape index (κ2) is 4.13. The molecule has 2 N–H and O–H groups in total. The molecule has 0 aromatic carbocycles. The van der Waals surface area contributed by atoms with Crippen LogP contribution in [0.3, 0.4) is 0 Å². The zero-order chi connectivity index (χ0) is 9.97. The SMILES string of the molecule is N#C[C@@H](NC1CNC1)c1ccc(Br)o1. The normalized spacial score (nSPS) is 18.6. The van der Waals surface area contributed by atoms with Crippen LogP contribution in [0, 0.1) is 11.3 Å². The molecule has 1 aromatic rings. The quantitative estimate of drug-likeness (QED) is 0.852. The third-order valence-corrected chi connectivity index (χ3v) is 2.62. The van der Waals surface area contributed by atoms with Crippen molar-refractivity contribution in [1.82, 2.24) is 10.6 Å². The van der Waals surface area contributed by atoms with Gasteiger partial charge < -0.3 is 9.73 Å². The molecule has 14 heavy (non-hydrogen) atoms. The fraction of sp³-hybridized carbons (Fsp3) is 0.444. The summed E-state index contributed by atoms with van der Waals surface area (Å²) >= 11 is 3.21. The van der Waals surface area contributed by atoms with Crippen molar-refractivity contribution in [3.05, 3.63) is 22.6 Å². The summed E-state index contributed by atoms with van der Waals surface area (Å²) in [5.41, 5.74) is 0. The standard InChI is InChI=1S/C9H10BrN3O/c10-9-2-1-8(14-9)7(3-11)13-6-4-12-5-6/h1-2,6-7,12-13H,4-5H2/t7-/m1/s1. The molecule has 74 valence electrons. The Morgan fingerprint density at radius 3 is 2.86 bits per heavy atom. The smallest absolute Gasteiger partial charge is 0.169 e. The molecule has 0 spiro atoms. The van der Waals surface area contributed by atoms with E-state index in [-0.39, 0.29) is 6.04 Å². The molecular formula is C9H10BrN3O. The molecule has 2 rings (SSSR count). The van der Waals surface area contributed by atoms with Crippen molar-refractivity contribution >= 4 is 15.9 Å². The van der Waals surface area contributed by atoms with Crippen molar-refractivity contribution < 1.29 is 4.42 Å². The first-order chi connectivity index (χ1) is 6.79. The minimum Gasteiger partial charge on any atom is -0.452 e. The maximum atomic E-state index is 8.95. The van der Waals surface area contributed by atoms with E-state index in [0.717, 1.165) is 13.1 Å². The lowest BCUT2D eigenvalue weighted by Crippen LogP contribution is -2.55. The monoisotopic (exact) mass is 255 g/mol. The van der Waals surface area contributed by atoms with Crippen LogP contribution < -0.4 is 10.6 Å². The van der Waals surface area contributed by atoms with Crippen LogP contribution in [0.2, 0.25) is 0 Å². The fourth-order valence-corrected chi connectivity index (χ4v) is 1.63. The minimum absolute atomic E-state index is 0.353. The van der Waals surface area contributed by atoms with Crippen LogP contribution in [0.1, 0.15) is 11.8 Å². The molecule has 1 aromatic heterocycles. The largest absolute Gasteiger partial charge is 0.452 e. The molecule has 1 saturated heterocycles. The number of hydrogen-bond acceptors (Lipinski definition) is 4. The molecule has 0 bridgehead atoms. The maximum absolute atomic E-state index is 8.95. The Morgan fingerprint density at radius 1 is 1.64 bits per heavy atom. The predicted molar refractivity (Wildman–Crippen MR) is 54.6 cm³/mol. The van der Waals surface area contributed by atoms with Crippen LogP contribution in [0.5, 0.6) is 0 Å². The minimum atomic E-state index is -0.353. The van der Waals surface area contributed by atoms with E-state index in [0.29, 0.717) is 16.5 Å². The van der Waals surface area contributed by atoms with Crippen molar-refractivity contribution in [2.45, 2.75) is 12.1 Å². The first-order valence-electron chi connectivity index (χ1n) is 4.41. The first kappa shape index (κ1) is 9.71. The molecule has 2 heterocycles. The van der Waals surface area contributed by atoms with Crippen LogP contribution in [-0.2, 0) is 0 Å². The number of halogens is 1. The summed E-state index contributed by atoms with van der Waals surface area (Å²) in [6, 6.07) is 5.80. The highest BCUT2D eigenvalue weighted by Gasteiger charge is 2.23. The highest BCUT2D eigenvalue weighted by Crippen LogP contribution is 2.20. The average Bonchev–Trinajstić information content (AvgIpc) is 2.50. The van der Waals surface area contributed by atoms with Crippen molar-refractivity contribution in [3.8, 4) is 6.07 Å². The summed E-state index contributed by atoms with van der Waals surface area (Å²) in [6.45, 7) is 1.83. The zero-order valence-electron chi connectivity index (χ0n) is 7.46. The molecule has 1 fully saturated rings. The van der Waals surface area contributed by atoms with Gasteiger partial charge in [0.25, 0.3) is 0 Å². The van der Waals surface area contributed by atoms with Crippen LogP contribution in [0.4, 0.5) is 0 Å². The van der Waals surface area contributed by atoms with Gasteiger partial charge >= 0.3 is 0 Å². The van der Waals surface area contributed by atoms with Crippen LogP contribution in [0.25, 0.3) is 0 Å². The van der Waals surface area contributed by atoms with Crippen molar-refractivity contribution in [2.75, 3.05) is 13.1 Å². The van der Waals surface area contributed by atoms with E-state index in [4.69, 9.17) is 9.68 Å². The second-order valence-corrected chi connectivity index (χ2v) is 4.01. The molecule has 0 aliphatic carbocycles. The van der Waals surface area contributed by atoms with Gasteiger partial charge in [-0.25, -0.2) is 0 Å². The molecular weight excluding hydrogens is 246 g/mol. The van der Waals surface area contributed by atoms with Crippen LogP contribution in [0.15, 0.2) is 21.2 Å². The Labute approximate surface area is 90.4 Å². The van der Waals surface area contributed by atoms with Crippen molar-refractivity contribution in [1.29, 1.82) is 5.26 Å². The number of nitrogens with zero attached hydrogens (tertiary/aromatic N) is 1. The topological polar surface area (TPSA) is 61.0 Å². The molecule has 5 heteroatoms. The lowest BCUT2D eigenvalue weighted by atomic mass is 10.1. The molecule has 0 radical (unpaired) electrons. The Balaban J connectivity index is 2.02. The molecule has 1 atom stereocenters. The van der Waals surface area contributed by atoms with Crippen molar-refractivity contribution in [2.24, 2.45) is 0 Å². The van der Waals surface area contributed by atoms with E-state index in [9.17, 15) is 0 Å². The van der Waals surface area contributed by atoms with E-state index in [1.54, 1.807) is 12.1 Å². The number of nitriles is 1. The van der Waals surface area contributed by atoms with Gasteiger partial charge in [-0.3, -0.25) is 5.32 Å². The molecule has 0 amide bonds. The summed E-state index contributed by atoms with van der Waals surface area (Å²) < 4.78 is 5.97. The Kier molecular flexibility index (Phi) is 2.87. The van der Waals surface area contributed by atoms with Gasteiger partial charge in [0.05, 0.1) is 6.07 Å². The van der Waals surface area contributed by atoms with E-state index in [2.05, 4.69) is 32.6 Å². The van der Waals surface area contributed by atoms with Crippen LogP contribution in [-0.4, -0.2) is 19.1 Å². The number of nitrogens with one attached hydrogen (secondary N) is 2. The summed E-state index contributed by atoms with van der Waals surface area (Å²) in [5, 5.41) is 15.3. The van der Waals surface area contributed by atoms with Gasteiger partial charge in [0.1, 0.15) is 5.76 Å². The molecule has 1 aliphatic heterocycles. The van der Waals surface area contributed by atoms with Gasteiger partial charge in [0.15, 0.2) is 10.7 Å². The van der Waals surface area contributed by atoms with Gasteiger partial charge in [-0.2, -0.15) is 5.26 Å². The second-order valence-electron chi connectivity index (χ2n) is 3.23. The number of rotatable bonds is 3. The van der Waals surface area contributed by atoms with Gasteiger partial charge in [0, 0.05) is 19.1 Å². The van der Waals surface area contributed by atoms with Gasteiger partial charge in [-0.05, 0) is 28.1 Å². The zero-order valence-corrected chi connectivity index (χ0v) is 9.04. The summed E-state index contributed by atoms with van der Waals surface area (Å²) in [5.74, 6) is 0.659. The lowest BCUT2D eigenvalue weighted by Gasteiger charge is -2.29. The van der Waals surface area contributed by atoms with E-state index < -0.39 is 0 Å². The average molecular weight is 256 g/mol. The highest BCUT2D eigenvalue weighted by molar-refractivity contribution is 9.10. The predicted octanol–water partition coefficient (Wildman–Crippen LogP) is 1.17. The third-order valence-electron chi connectivity index (χ3n) is 2.19. The van der Waals surface area contributed by atoms with Gasteiger partial charge in [-0.15, -0.1) is 0 Å². The Morgan fingerprint density at radius 2 is 2.43 bits per heavy atom. The number of hydrogen-bond donors (Lipinski definition) is 2. The van der Waals surface area contributed by atoms with Gasteiger partial charge in [0.2, 0.25) is 0 Å².